The summed E-state index contributed by atoms with van der Waals surface area (Å²) in [5, 5.41) is 15.4. The van der Waals surface area contributed by atoms with Crippen molar-refractivity contribution in [1.29, 1.82) is 0 Å². The number of H-pyrrole nitrogens is 1. The molecule has 0 aliphatic carbocycles. The van der Waals surface area contributed by atoms with Crippen LogP contribution in [0.5, 0.6) is 0 Å². The lowest BCUT2D eigenvalue weighted by atomic mass is 10.0. The van der Waals surface area contributed by atoms with Gasteiger partial charge in [-0.3, -0.25) is 4.57 Å². The number of aliphatic carboxylic acids is 1. The molecule has 1 aliphatic rings. The van der Waals surface area contributed by atoms with Crippen LogP contribution in [0.15, 0.2) is 58.7 Å². The molecule has 33 heavy (non-hydrogen) atoms. The van der Waals surface area contributed by atoms with Crippen LogP contribution in [0.1, 0.15) is 24.4 Å². The number of urea groups is 1. The molecular weight excluding hydrogens is 440 g/mol. The number of hydrogen-bond acceptors (Lipinski definition) is 4. The van der Waals surface area contributed by atoms with Crippen LogP contribution < -0.4 is 11.0 Å². The fourth-order valence-electron chi connectivity index (χ4n) is 4.62. The van der Waals surface area contributed by atoms with Gasteiger partial charge in [0.25, 0.3) is 0 Å². The number of carbonyl (C=O) groups is 2. The first kappa shape index (κ1) is 21.3. The maximum absolute atomic E-state index is 12.9. The van der Waals surface area contributed by atoms with Gasteiger partial charge >= 0.3 is 17.7 Å². The van der Waals surface area contributed by atoms with E-state index < -0.39 is 12.0 Å². The Morgan fingerprint density at radius 1 is 1.12 bits per heavy atom. The summed E-state index contributed by atoms with van der Waals surface area (Å²) in [4.78, 5) is 41.7. The van der Waals surface area contributed by atoms with Gasteiger partial charge in [-0.1, -0.05) is 30.3 Å². The zero-order chi connectivity index (χ0) is 22.9. The van der Waals surface area contributed by atoms with Gasteiger partial charge in [0, 0.05) is 30.3 Å². The molecule has 170 valence electrons. The topological polar surface area (TPSA) is 107 Å². The summed E-state index contributed by atoms with van der Waals surface area (Å²) in [6.45, 7) is 0.909. The SMILES string of the molecule is O=C(O)[C@@H](Cc1csc2ccccc12)NC(=O)N1CCC(n2c(=O)[nH]c3ccccc32)CC1. The number of rotatable bonds is 5. The van der Waals surface area contributed by atoms with Gasteiger partial charge in [-0.2, -0.15) is 0 Å². The van der Waals surface area contributed by atoms with Crippen LogP contribution in [0, 0.1) is 0 Å². The number of likely N-dealkylation sites (tertiary alicyclic amines) is 1. The van der Waals surface area contributed by atoms with Crippen LogP contribution in [0.25, 0.3) is 21.1 Å². The van der Waals surface area contributed by atoms with Crippen LogP contribution >= 0.6 is 11.3 Å². The Kier molecular flexibility index (Phi) is 5.63. The van der Waals surface area contributed by atoms with Crippen LogP contribution in [0.2, 0.25) is 0 Å². The molecule has 0 spiro atoms. The van der Waals surface area contributed by atoms with Crippen LogP contribution in [-0.4, -0.2) is 50.7 Å². The van der Waals surface area contributed by atoms with Crippen molar-refractivity contribution in [2.45, 2.75) is 31.3 Å². The highest BCUT2D eigenvalue weighted by molar-refractivity contribution is 7.17. The number of amides is 2. The minimum atomic E-state index is -1.06. The molecule has 3 heterocycles. The van der Waals surface area contributed by atoms with E-state index in [0.717, 1.165) is 26.7 Å². The zero-order valence-electron chi connectivity index (χ0n) is 17.9. The Hall–Kier alpha value is -3.59. The van der Waals surface area contributed by atoms with Crippen LogP contribution in [-0.2, 0) is 11.2 Å². The highest BCUT2D eigenvalue weighted by Crippen LogP contribution is 2.27. The lowest BCUT2D eigenvalue weighted by molar-refractivity contribution is -0.139. The number of carboxylic acid groups (broad SMARTS) is 1. The third-order valence-electron chi connectivity index (χ3n) is 6.32. The molecule has 9 heteroatoms. The highest BCUT2D eigenvalue weighted by Gasteiger charge is 2.29. The minimum Gasteiger partial charge on any atom is -0.480 e. The number of carbonyl (C=O) groups excluding carboxylic acids is 1. The van der Waals surface area contributed by atoms with Crippen molar-refractivity contribution >= 4 is 44.5 Å². The fraction of sp³-hybridized carbons (Fsp3) is 0.292. The Morgan fingerprint density at radius 2 is 1.85 bits per heavy atom. The van der Waals surface area contributed by atoms with Gasteiger partial charge in [0.2, 0.25) is 0 Å². The number of para-hydroxylation sites is 2. The van der Waals surface area contributed by atoms with Gasteiger partial charge in [-0.25, -0.2) is 14.4 Å². The second-order valence-electron chi connectivity index (χ2n) is 8.34. The maximum Gasteiger partial charge on any atom is 0.326 e. The van der Waals surface area contributed by atoms with E-state index in [9.17, 15) is 19.5 Å². The predicted octanol–water partition coefficient (Wildman–Crippen LogP) is 3.59. The number of carboxylic acids is 1. The van der Waals surface area contributed by atoms with E-state index in [2.05, 4.69) is 10.3 Å². The smallest absolute Gasteiger partial charge is 0.326 e. The first-order valence-corrected chi connectivity index (χ1v) is 11.8. The first-order chi connectivity index (χ1) is 16.0. The molecule has 5 rings (SSSR count). The number of imidazole rings is 1. The predicted molar refractivity (Wildman–Crippen MR) is 128 cm³/mol. The van der Waals surface area contributed by atoms with Gasteiger partial charge in [-0.05, 0) is 47.4 Å². The number of aromatic nitrogens is 2. The number of aromatic amines is 1. The molecule has 1 fully saturated rings. The van der Waals surface area contributed by atoms with E-state index in [1.807, 2.05) is 53.9 Å². The molecule has 4 aromatic rings. The monoisotopic (exact) mass is 464 g/mol. The van der Waals surface area contributed by atoms with Gasteiger partial charge in [0.1, 0.15) is 6.04 Å². The number of nitrogens with zero attached hydrogens (tertiary/aromatic N) is 2. The Morgan fingerprint density at radius 3 is 2.64 bits per heavy atom. The second kappa shape index (κ2) is 8.74. The average molecular weight is 465 g/mol. The molecule has 8 nitrogen and oxygen atoms in total. The van der Waals surface area contributed by atoms with Crippen molar-refractivity contribution in [1.82, 2.24) is 19.8 Å². The van der Waals surface area contributed by atoms with E-state index in [0.29, 0.717) is 25.9 Å². The number of hydrogen-bond donors (Lipinski definition) is 3. The van der Waals surface area contributed by atoms with E-state index in [1.165, 1.54) is 0 Å². The number of benzene rings is 2. The summed E-state index contributed by atoms with van der Waals surface area (Å²) in [5.74, 6) is -1.06. The molecule has 0 saturated carbocycles. The minimum absolute atomic E-state index is 0.00913. The van der Waals surface area contributed by atoms with Crippen molar-refractivity contribution in [3.63, 3.8) is 0 Å². The molecule has 3 N–H and O–H groups in total. The Bertz CT molecular complexity index is 1380. The summed E-state index contributed by atoms with van der Waals surface area (Å²) in [5.41, 5.74) is 2.43. The normalized spacial score (nSPS) is 15.7. The van der Waals surface area contributed by atoms with Crippen molar-refractivity contribution in [3.8, 4) is 0 Å². The second-order valence-corrected chi connectivity index (χ2v) is 9.25. The standard InChI is InChI=1S/C24H24N4O4S/c29-22(30)19(13-15-14-33-21-8-4-1-5-17(15)21)26-23(31)27-11-9-16(10-12-27)28-20-7-3-2-6-18(20)25-24(28)32/h1-8,14,16,19H,9-13H2,(H,25,32)(H,26,31)(H,29,30)/t19-/m1/s1. The first-order valence-electron chi connectivity index (χ1n) is 10.9. The zero-order valence-corrected chi connectivity index (χ0v) is 18.7. The summed E-state index contributed by atoms with van der Waals surface area (Å²) < 4.78 is 2.87. The Balaban J connectivity index is 1.25. The third-order valence-corrected chi connectivity index (χ3v) is 7.33. The number of thiophene rings is 1. The molecule has 0 bridgehead atoms. The summed E-state index contributed by atoms with van der Waals surface area (Å²) in [7, 11) is 0. The maximum atomic E-state index is 12.9. The van der Waals surface area contributed by atoms with E-state index in [-0.39, 0.29) is 24.2 Å². The number of piperidine rings is 1. The van der Waals surface area contributed by atoms with Gasteiger partial charge < -0.3 is 20.3 Å². The number of nitrogens with one attached hydrogen (secondary N) is 2. The third kappa shape index (κ3) is 4.11. The van der Waals surface area contributed by atoms with E-state index in [4.69, 9.17) is 0 Å². The lowest BCUT2D eigenvalue weighted by Gasteiger charge is -2.33. The van der Waals surface area contributed by atoms with Gasteiger partial charge in [-0.15, -0.1) is 11.3 Å². The van der Waals surface area contributed by atoms with Crippen molar-refractivity contribution in [2.75, 3.05) is 13.1 Å². The van der Waals surface area contributed by atoms with E-state index >= 15 is 0 Å². The summed E-state index contributed by atoms with van der Waals surface area (Å²) in [6.07, 6.45) is 1.48. The van der Waals surface area contributed by atoms with Crippen molar-refractivity contribution in [2.24, 2.45) is 0 Å². The molecule has 2 aromatic carbocycles. The van der Waals surface area contributed by atoms with Crippen LogP contribution in [0.3, 0.4) is 0 Å². The fourth-order valence-corrected chi connectivity index (χ4v) is 5.59. The summed E-state index contributed by atoms with van der Waals surface area (Å²) in [6, 6.07) is 14.0. The highest BCUT2D eigenvalue weighted by atomic mass is 32.1. The average Bonchev–Trinajstić information content (AvgIpc) is 3.38. The number of fused-ring (bicyclic) bond motifs is 2. The van der Waals surface area contributed by atoms with Crippen LogP contribution in [0.4, 0.5) is 4.79 Å². The van der Waals surface area contributed by atoms with Gasteiger partial charge in [0.05, 0.1) is 11.0 Å². The largest absolute Gasteiger partial charge is 0.480 e. The molecule has 0 radical (unpaired) electrons. The molecule has 2 aromatic heterocycles. The van der Waals surface area contributed by atoms with Crippen molar-refractivity contribution in [3.05, 3.63) is 70.0 Å². The Labute approximate surface area is 193 Å². The van der Waals surface area contributed by atoms with Gasteiger partial charge in [0.15, 0.2) is 0 Å². The molecule has 1 saturated heterocycles. The molecule has 0 unspecified atom stereocenters. The van der Waals surface area contributed by atoms with E-state index in [1.54, 1.807) is 20.8 Å². The van der Waals surface area contributed by atoms with Crippen molar-refractivity contribution < 1.29 is 14.7 Å². The lowest BCUT2D eigenvalue weighted by Crippen LogP contribution is -2.51. The molecular formula is C24H24N4O4S. The molecule has 2 amide bonds. The molecule has 1 aliphatic heterocycles. The summed E-state index contributed by atoms with van der Waals surface area (Å²) >= 11 is 1.57. The molecule has 1 atom stereocenters. The quantitative estimate of drug-likeness (QED) is 0.420.